The molecule has 0 spiro atoms. The lowest BCUT2D eigenvalue weighted by molar-refractivity contribution is -0.136. The lowest BCUT2D eigenvalue weighted by Gasteiger charge is -2.35. The summed E-state index contributed by atoms with van der Waals surface area (Å²) in [7, 11) is 4.87. The normalized spacial score (nSPS) is 16.7. The summed E-state index contributed by atoms with van der Waals surface area (Å²) in [6.07, 6.45) is 1.57. The van der Waals surface area contributed by atoms with Crippen LogP contribution < -0.4 is 20.1 Å². The standard InChI is InChI=1S/C17H26N2O4/c1-21-12-17(6-8-18-9-7-17)16(20)19-11-13-4-5-14(22-2)10-15(13)23-3/h4-5,10,18H,6-9,11-12H2,1-3H3,(H,19,20). The van der Waals surface area contributed by atoms with E-state index in [9.17, 15) is 4.79 Å². The maximum atomic E-state index is 12.7. The first kappa shape index (κ1) is 17.6. The molecule has 1 aliphatic heterocycles. The minimum absolute atomic E-state index is 0.0405. The Bertz CT molecular complexity index is 522. The molecular weight excluding hydrogens is 296 g/mol. The topological polar surface area (TPSA) is 68.8 Å². The molecule has 0 atom stereocenters. The number of methoxy groups -OCH3 is 3. The van der Waals surface area contributed by atoms with E-state index in [0.29, 0.717) is 18.9 Å². The Kier molecular flexibility index (Phi) is 6.24. The molecule has 1 aliphatic rings. The predicted octanol–water partition coefficient (Wildman–Crippen LogP) is 1.34. The lowest BCUT2D eigenvalue weighted by Crippen LogP contribution is -2.49. The van der Waals surface area contributed by atoms with Crippen LogP contribution in [0, 0.1) is 5.41 Å². The van der Waals surface area contributed by atoms with Crippen molar-refractivity contribution >= 4 is 5.91 Å². The highest BCUT2D eigenvalue weighted by Gasteiger charge is 2.39. The smallest absolute Gasteiger partial charge is 0.228 e. The van der Waals surface area contributed by atoms with E-state index >= 15 is 0 Å². The molecule has 2 N–H and O–H groups in total. The number of hydrogen-bond acceptors (Lipinski definition) is 5. The highest BCUT2D eigenvalue weighted by Crippen LogP contribution is 2.30. The molecule has 2 rings (SSSR count). The van der Waals surface area contributed by atoms with Crippen molar-refractivity contribution in [2.24, 2.45) is 5.41 Å². The van der Waals surface area contributed by atoms with Crippen LogP contribution in [0.2, 0.25) is 0 Å². The molecule has 23 heavy (non-hydrogen) atoms. The Labute approximate surface area is 137 Å². The molecule has 0 aromatic heterocycles. The number of ether oxygens (including phenoxy) is 3. The van der Waals surface area contributed by atoms with Crippen LogP contribution in [-0.2, 0) is 16.1 Å². The van der Waals surface area contributed by atoms with Crippen molar-refractivity contribution in [1.29, 1.82) is 0 Å². The molecule has 1 heterocycles. The first-order chi connectivity index (χ1) is 11.1. The SMILES string of the molecule is COCC1(C(=O)NCc2ccc(OC)cc2OC)CCNCC1. The maximum Gasteiger partial charge on any atom is 0.228 e. The van der Waals surface area contributed by atoms with Crippen LogP contribution in [0.5, 0.6) is 11.5 Å². The molecule has 1 aromatic carbocycles. The first-order valence-electron chi connectivity index (χ1n) is 7.84. The molecule has 1 saturated heterocycles. The summed E-state index contributed by atoms with van der Waals surface area (Å²) < 4.78 is 15.9. The van der Waals surface area contributed by atoms with Gasteiger partial charge in [0.15, 0.2) is 0 Å². The van der Waals surface area contributed by atoms with Crippen molar-refractivity contribution in [3.63, 3.8) is 0 Å². The number of carbonyl (C=O) groups is 1. The first-order valence-corrected chi connectivity index (χ1v) is 7.84. The zero-order valence-corrected chi connectivity index (χ0v) is 14.1. The highest BCUT2D eigenvalue weighted by molar-refractivity contribution is 5.83. The van der Waals surface area contributed by atoms with Crippen LogP contribution in [0.1, 0.15) is 18.4 Å². The number of hydrogen-bond donors (Lipinski definition) is 2. The van der Waals surface area contributed by atoms with Gasteiger partial charge in [-0.25, -0.2) is 0 Å². The molecule has 1 fully saturated rings. The molecule has 0 saturated carbocycles. The van der Waals surface area contributed by atoms with Crippen LogP contribution in [0.4, 0.5) is 0 Å². The van der Waals surface area contributed by atoms with E-state index in [1.165, 1.54) is 0 Å². The van der Waals surface area contributed by atoms with Gasteiger partial charge in [0.1, 0.15) is 11.5 Å². The fraction of sp³-hybridized carbons (Fsp3) is 0.588. The molecule has 1 aromatic rings. The van der Waals surface area contributed by atoms with Crippen LogP contribution in [0.25, 0.3) is 0 Å². The second kappa shape index (κ2) is 8.17. The maximum absolute atomic E-state index is 12.7. The summed E-state index contributed by atoms with van der Waals surface area (Å²) in [6, 6.07) is 5.58. The van der Waals surface area contributed by atoms with Gasteiger partial charge < -0.3 is 24.8 Å². The predicted molar refractivity (Wildman–Crippen MR) is 87.8 cm³/mol. The second-order valence-electron chi connectivity index (χ2n) is 5.82. The Hall–Kier alpha value is -1.79. The average molecular weight is 322 g/mol. The van der Waals surface area contributed by atoms with Crippen LogP contribution in [-0.4, -0.2) is 46.9 Å². The number of amides is 1. The largest absolute Gasteiger partial charge is 0.497 e. The van der Waals surface area contributed by atoms with E-state index in [0.717, 1.165) is 37.2 Å². The van der Waals surface area contributed by atoms with Gasteiger partial charge in [-0.05, 0) is 38.1 Å². The van der Waals surface area contributed by atoms with Gasteiger partial charge in [-0.3, -0.25) is 4.79 Å². The fourth-order valence-corrected chi connectivity index (χ4v) is 2.98. The van der Waals surface area contributed by atoms with Gasteiger partial charge in [-0.1, -0.05) is 0 Å². The van der Waals surface area contributed by atoms with E-state index in [-0.39, 0.29) is 5.91 Å². The fourth-order valence-electron chi connectivity index (χ4n) is 2.98. The Morgan fingerprint density at radius 3 is 2.57 bits per heavy atom. The third-order valence-electron chi connectivity index (χ3n) is 4.40. The van der Waals surface area contributed by atoms with E-state index in [4.69, 9.17) is 14.2 Å². The minimum atomic E-state index is -0.445. The number of nitrogens with one attached hydrogen (secondary N) is 2. The molecular formula is C17H26N2O4. The summed E-state index contributed by atoms with van der Waals surface area (Å²) in [5.74, 6) is 1.47. The van der Waals surface area contributed by atoms with E-state index in [1.807, 2.05) is 18.2 Å². The average Bonchev–Trinajstić information content (AvgIpc) is 2.60. The van der Waals surface area contributed by atoms with Gasteiger partial charge in [-0.15, -0.1) is 0 Å². The van der Waals surface area contributed by atoms with Gasteiger partial charge in [-0.2, -0.15) is 0 Å². The summed E-state index contributed by atoms with van der Waals surface area (Å²) in [4.78, 5) is 12.7. The van der Waals surface area contributed by atoms with Gasteiger partial charge in [0.25, 0.3) is 0 Å². The zero-order valence-electron chi connectivity index (χ0n) is 14.1. The number of piperidine rings is 1. The Morgan fingerprint density at radius 2 is 1.96 bits per heavy atom. The van der Waals surface area contributed by atoms with Gasteiger partial charge >= 0.3 is 0 Å². The third kappa shape index (κ3) is 4.14. The van der Waals surface area contributed by atoms with Crippen LogP contribution in [0.3, 0.4) is 0 Å². The monoisotopic (exact) mass is 322 g/mol. The van der Waals surface area contributed by atoms with E-state index in [2.05, 4.69) is 10.6 Å². The lowest BCUT2D eigenvalue weighted by atomic mass is 9.78. The second-order valence-corrected chi connectivity index (χ2v) is 5.82. The van der Waals surface area contributed by atoms with Crippen LogP contribution >= 0.6 is 0 Å². The molecule has 0 radical (unpaired) electrons. The molecule has 6 heteroatoms. The van der Waals surface area contributed by atoms with E-state index in [1.54, 1.807) is 21.3 Å². The Morgan fingerprint density at radius 1 is 1.22 bits per heavy atom. The van der Waals surface area contributed by atoms with Crippen LogP contribution in [0.15, 0.2) is 18.2 Å². The molecule has 6 nitrogen and oxygen atoms in total. The molecule has 0 aliphatic carbocycles. The van der Waals surface area contributed by atoms with Gasteiger partial charge in [0.2, 0.25) is 5.91 Å². The summed E-state index contributed by atoms with van der Waals surface area (Å²) in [6.45, 7) is 2.54. The Balaban J connectivity index is 2.05. The van der Waals surface area contributed by atoms with Crippen molar-refractivity contribution in [3.05, 3.63) is 23.8 Å². The molecule has 0 unspecified atom stereocenters. The van der Waals surface area contributed by atoms with Crippen molar-refractivity contribution in [3.8, 4) is 11.5 Å². The van der Waals surface area contributed by atoms with Crippen molar-refractivity contribution in [2.45, 2.75) is 19.4 Å². The van der Waals surface area contributed by atoms with Gasteiger partial charge in [0, 0.05) is 25.3 Å². The zero-order chi connectivity index (χ0) is 16.7. The van der Waals surface area contributed by atoms with Crippen molar-refractivity contribution in [1.82, 2.24) is 10.6 Å². The highest BCUT2D eigenvalue weighted by atomic mass is 16.5. The molecule has 0 bridgehead atoms. The molecule has 128 valence electrons. The van der Waals surface area contributed by atoms with E-state index < -0.39 is 5.41 Å². The van der Waals surface area contributed by atoms with Crippen molar-refractivity contribution < 1.29 is 19.0 Å². The number of carbonyl (C=O) groups excluding carboxylic acids is 1. The molecule has 1 amide bonds. The summed E-state index contributed by atoms with van der Waals surface area (Å²) in [5, 5.41) is 6.33. The number of benzene rings is 1. The minimum Gasteiger partial charge on any atom is -0.497 e. The summed E-state index contributed by atoms with van der Waals surface area (Å²) in [5.41, 5.74) is 0.475. The number of rotatable bonds is 7. The third-order valence-corrected chi connectivity index (χ3v) is 4.40. The van der Waals surface area contributed by atoms with Crippen molar-refractivity contribution in [2.75, 3.05) is 41.0 Å². The summed E-state index contributed by atoms with van der Waals surface area (Å²) >= 11 is 0. The quantitative estimate of drug-likeness (QED) is 0.793. The van der Waals surface area contributed by atoms with Gasteiger partial charge in [0.05, 0.1) is 26.2 Å².